The molecule has 3 aromatic rings. The normalized spacial score (nSPS) is 10.8. The van der Waals surface area contributed by atoms with Gasteiger partial charge in [0.1, 0.15) is 32.4 Å². The zero-order chi connectivity index (χ0) is 29.0. The molecular weight excluding hydrogens is 492 g/mol. The van der Waals surface area contributed by atoms with E-state index in [-0.39, 0.29) is 5.71 Å². The summed E-state index contributed by atoms with van der Waals surface area (Å²) in [7, 11) is 2.86. The van der Waals surface area contributed by atoms with Crippen LogP contribution in [0.3, 0.4) is 0 Å². The second-order valence-electron chi connectivity index (χ2n) is 7.67. The highest BCUT2D eigenvalue weighted by atomic mass is 16.6. The summed E-state index contributed by atoms with van der Waals surface area (Å²) in [6, 6.07) is 28.3. The Bertz CT molecular complexity index is 1440. The number of aryl methyl sites for hydroxylation is 3. The molecule has 0 aliphatic heterocycles. The summed E-state index contributed by atoms with van der Waals surface area (Å²) >= 11 is 0. The Labute approximate surface area is 229 Å². The largest absolute Gasteiger partial charge is 0.410 e. The van der Waals surface area contributed by atoms with Gasteiger partial charge in [-0.05, 0) is 37.0 Å². The van der Waals surface area contributed by atoms with Crippen LogP contribution in [0.1, 0.15) is 40.3 Å². The molecule has 0 amide bonds. The van der Waals surface area contributed by atoms with Gasteiger partial charge in [-0.2, -0.15) is 15.8 Å². The highest BCUT2D eigenvalue weighted by molar-refractivity contribution is 6.13. The van der Waals surface area contributed by atoms with Crippen LogP contribution >= 0.6 is 0 Å². The fourth-order valence-corrected chi connectivity index (χ4v) is 3.32. The number of hydrogen-bond donors (Lipinski definition) is 1. The third kappa shape index (κ3) is 9.84. The van der Waals surface area contributed by atoms with Crippen molar-refractivity contribution in [2.75, 3.05) is 14.2 Å². The van der Waals surface area contributed by atoms with Crippen LogP contribution in [0.4, 0.5) is 0 Å². The Kier molecular flexibility index (Phi) is 14.5. The standard InChI is InChI=1S/C11H12N2O.C10H10N2O.C9H8N2O/c1-3-9-6-4-5-7-10(9)11(8-12)13-14-2;1-8-5-3-4-6-9(8)10(7-11)12-13-2;1-7-4-2-3-5-8(7)9(6-10)11-12/h4-7H,3H2,1-2H3;3-6H,1-2H3;2-5,12H,1H3/b13-11-;12-10-;11-9-. The first-order chi connectivity index (χ1) is 18.9. The summed E-state index contributed by atoms with van der Waals surface area (Å²) in [5, 5.41) is 44.9. The van der Waals surface area contributed by atoms with E-state index in [1.54, 1.807) is 12.1 Å². The number of nitrogens with zero attached hydrogens (tertiary/aromatic N) is 6. The lowest BCUT2D eigenvalue weighted by molar-refractivity contribution is 0.214. The van der Waals surface area contributed by atoms with Gasteiger partial charge in [0.2, 0.25) is 0 Å². The van der Waals surface area contributed by atoms with Crippen LogP contribution < -0.4 is 0 Å². The summed E-state index contributed by atoms with van der Waals surface area (Å²) in [6.45, 7) is 5.83. The van der Waals surface area contributed by atoms with E-state index < -0.39 is 0 Å². The van der Waals surface area contributed by atoms with E-state index in [1.165, 1.54) is 14.2 Å². The summed E-state index contributed by atoms with van der Waals surface area (Å²) in [5.74, 6) is 0. The number of rotatable bonds is 6. The number of nitriles is 3. The molecule has 0 aliphatic carbocycles. The van der Waals surface area contributed by atoms with Gasteiger partial charge in [-0.3, -0.25) is 0 Å². The average Bonchev–Trinajstić information content (AvgIpc) is 2.97. The van der Waals surface area contributed by atoms with Gasteiger partial charge in [0.25, 0.3) is 0 Å². The Morgan fingerprint density at radius 1 is 0.667 bits per heavy atom. The molecule has 0 saturated carbocycles. The van der Waals surface area contributed by atoms with Crippen LogP contribution in [-0.2, 0) is 16.1 Å². The zero-order valence-corrected chi connectivity index (χ0v) is 22.6. The van der Waals surface area contributed by atoms with Crippen molar-refractivity contribution in [2.45, 2.75) is 27.2 Å². The molecule has 3 aromatic carbocycles. The molecule has 3 rings (SSSR count). The van der Waals surface area contributed by atoms with E-state index >= 15 is 0 Å². The zero-order valence-electron chi connectivity index (χ0n) is 22.6. The first-order valence-electron chi connectivity index (χ1n) is 11.8. The molecule has 0 atom stereocenters. The van der Waals surface area contributed by atoms with E-state index in [2.05, 4.69) is 25.1 Å². The minimum Gasteiger partial charge on any atom is -0.410 e. The quantitative estimate of drug-likeness (QED) is 0.250. The maximum absolute atomic E-state index is 8.87. The van der Waals surface area contributed by atoms with Crippen LogP contribution in [0, 0.1) is 47.8 Å². The molecule has 9 nitrogen and oxygen atoms in total. The molecule has 39 heavy (non-hydrogen) atoms. The smallest absolute Gasteiger partial charge is 0.187 e. The number of oxime groups is 3. The van der Waals surface area contributed by atoms with E-state index in [4.69, 9.17) is 21.0 Å². The molecule has 0 unspecified atom stereocenters. The molecule has 9 heteroatoms. The third-order valence-corrected chi connectivity index (χ3v) is 5.24. The van der Waals surface area contributed by atoms with E-state index in [9.17, 15) is 0 Å². The molecule has 0 radical (unpaired) electrons. The third-order valence-electron chi connectivity index (χ3n) is 5.24. The van der Waals surface area contributed by atoms with Gasteiger partial charge >= 0.3 is 0 Å². The van der Waals surface area contributed by atoms with Crippen LogP contribution in [0.15, 0.2) is 88.3 Å². The van der Waals surface area contributed by atoms with E-state index in [0.29, 0.717) is 17.0 Å². The van der Waals surface area contributed by atoms with Gasteiger partial charge in [0, 0.05) is 16.7 Å². The first kappa shape index (κ1) is 31.6. The predicted molar refractivity (Wildman–Crippen MR) is 150 cm³/mol. The lowest BCUT2D eigenvalue weighted by Crippen LogP contribution is -2.02. The first-order valence-corrected chi connectivity index (χ1v) is 11.8. The van der Waals surface area contributed by atoms with Gasteiger partial charge in [-0.25, -0.2) is 0 Å². The monoisotopic (exact) mass is 522 g/mol. The maximum Gasteiger partial charge on any atom is 0.187 e. The van der Waals surface area contributed by atoms with Gasteiger partial charge in [0.15, 0.2) is 17.1 Å². The minimum absolute atomic E-state index is 0.0492. The van der Waals surface area contributed by atoms with Crippen molar-refractivity contribution >= 4 is 17.1 Å². The van der Waals surface area contributed by atoms with Crippen LogP contribution in [0.5, 0.6) is 0 Å². The number of hydrogen-bond acceptors (Lipinski definition) is 9. The fourth-order valence-electron chi connectivity index (χ4n) is 3.32. The van der Waals surface area contributed by atoms with Gasteiger partial charge < -0.3 is 14.9 Å². The topological polar surface area (TPSA) is 147 Å². The molecular formula is C30H30N6O3. The molecule has 198 valence electrons. The molecule has 0 aliphatic rings. The molecule has 0 spiro atoms. The van der Waals surface area contributed by atoms with Crippen molar-refractivity contribution < 1.29 is 14.9 Å². The summed E-state index contributed by atoms with van der Waals surface area (Å²) < 4.78 is 0. The second kappa shape index (κ2) is 17.9. The Morgan fingerprint density at radius 3 is 1.44 bits per heavy atom. The van der Waals surface area contributed by atoms with Crippen molar-refractivity contribution in [2.24, 2.45) is 15.5 Å². The van der Waals surface area contributed by atoms with E-state index in [1.807, 2.05) is 99.6 Å². The molecule has 0 bridgehead atoms. The van der Waals surface area contributed by atoms with Crippen molar-refractivity contribution in [3.8, 4) is 18.2 Å². The van der Waals surface area contributed by atoms with Crippen molar-refractivity contribution in [1.29, 1.82) is 15.8 Å². The molecule has 0 fully saturated rings. The molecule has 1 N–H and O–H groups in total. The van der Waals surface area contributed by atoms with Gasteiger partial charge in [0.05, 0.1) is 0 Å². The van der Waals surface area contributed by atoms with E-state index in [0.717, 1.165) is 34.2 Å². The van der Waals surface area contributed by atoms with Crippen molar-refractivity contribution in [1.82, 2.24) is 0 Å². The van der Waals surface area contributed by atoms with Crippen LogP contribution in [-0.4, -0.2) is 36.6 Å². The fraction of sp³-hybridized carbons (Fsp3) is 0.200. The van der Waals surface area contributed by atoms with Crippen LogP contribution in [0.2, 0.25) is 0 Å². The summed E-state index contributed by atoms with van der Waals surface area (Å²) in [6.07, 6.45) is 0.876. The van der Waals surface area contributed by atoms with Crippen molar-refractivity contribution in [3.63, 3.8) is 0 Å². The van der Waals surface area contributed by atoms with Crippen LogP contribution in [0.25, 0.3) is 0 Å². The Balaban J connectivity index is 0.000000293. The highest BCUT2D eigenvalue weighted by Gasteiger charge is 2.07. The minimum atomic E-state index is 0.0492. The lowest BCUT2D eigenvalue weighted by Gasteiger charge is -2.03. The van der Waals surface area contributed by atoms with Gasteiger partial charge in [-0.1, -0.05) is 95.2 Å². The lowest BCUT2D eigenvalue weighted by atomic mass is 10.0. The highest BCUT2D eigenvalue weighted by Crippen LogP contribution is 2.11. The van der Waals surface area contributed by atoms with Gasteiger partial charge in [-0.15, -0.1) is 0 Å². The average molecular weight is 523 g/mol. The van der Waals surface area contributed by atoms with Crippen molar-refractivity contribution in [3.05, 3.63) is 106 Å². The second-order valence-corrected chi connectivity index (χ2v) is 7.67. The Morgan fingerprint density at radius 2 is 1.05 bits per heavy atom. The SMILES string of the molecule is CCc1ccccc1/C(C#N)=N\OC.CO/N=C(/C#N)c1ccccc1C.Cc1ccccc1/C(C#N)=N\O. The molecule has 0 heterocycles. The molecule has 0 saturated heterocycles. The maximum atomic E-state index is 8.87. The number of benzene rings is 3. The molecule has 0 aromatic heterocycles. The predicted octanol–water partition coefficient (Wildman–Crippen LogP) is 5.69. The Hall–Kier alpha value is -5.46. The summed E-state index contributed by atoms with van der Waals surface area (Å²) in [5.41, 5.74) is 6.05. The summed E-state index contributed by atoms with van der Waals surface area (Å²) in [4.78, 5) is 9.18.